The summed E-state index contributed by atoms with van der Waals surface area (Å²) in [6.07, 6.45) is 4.86. The van der Waals surface area contributed by atoms with Gasteiger partial charge in [0.15, 0.2) is 0 Å². The molecule has 1 aromatic carbocycles. The Labute approximate surface area is 144 Å². The maximum Gasteiger partial charge on any atom is 0.240 e. The zero-order valence-electron chi connectivity index (χ0n) is 13.3. The maximum absolute atomic E-state index is 12.4. The van der Waals surface area contributed by atoms with Crippen LogP contribution in [0.15, 0.2) is 24.3 Å². The lowest BCUT2D eigenvalue weighted by Gasteiger charge is -2.34. The van der Waals surface area contributed by atoms with Crippen LogP contribution in [0.5, 0.6) is 0 Å². The van der Waals surface area contributed by atoms with Gasteiger partial charge in [-0.1, -0.05) is 56.8 Å². The molecule has 22 heavy (non-hydrogen) atoms. The minimum atomic E-state index is -0.672. The highest BCUT2D eigenvalue weighted by molar-refractivity contribution is 6.30. The predicted molar refractivity (Wildman–Crippen MR) is 94.7 cm³/mol. The van der Waals surface area contributed by atoms with E-state index < -0.39 is 5.54 Å². The van der Waals surface area contributed by atoms with Crippen molar-refractivity contribution in [3.63, 3.8) is 0 Å². The first-order valence-corrected chi connectivity index (χ1v) is 8.05. The molecular formula is C17H26Cl2N2O. The molecule has 0 heterocycles. The van der Waals surface area contributed by atoms with Crippen molar-refractivity contribution in [3.8, 4) is 0 Å². The third-order valence-electron chi connectivity index (χ3n) is 4.51. The summed E-state index contributed by atoms with van der Waals surface area (Å²) in [5.41, 5.74) is 6.60. The van der Waals surface area contributed by atoms with Crippen LogP contribution in [-0.2, 0) is 10.2 Å². The molecule has 5 heteroatoms. The number of amides is 1. The summed E-state index contributed by atoms with van der Waals surface area (Å²) in [4.78, 5) is 12.4. The lowest BCUT2D eigenvalue weighted by Crippen LogP contribution is -2.56. The summed E-state index contributed by atoms with van der Waals surface area (Å²) in [5.74, 6) is -0.00996. The van der Waals surface area contributed by atoms with Crippen molar-refractivity contribution in [2.24, 2.45) is 5.73 Å². The topological polar surface area (TPSA) is 55.1 Å². The molecule has 0 aromatic heterocycles. The first-order valence-electron chi connectivity index (χ1n) is 7.67. The van der Waals surface area contributed by atoms with E-state index in [1.165, 1.54) is 6.42 Å². The van der Waals surface area contributed by atoms with E-state index in [4.69, 9.17) is 17.3 Å². The van der Waals surface area contributed by atoms with Crippen LogP contribution in [-0.4, -0.2) is 18.0 Å². The van der Waals surface area contributed by atoms with Gasteiger partial charge in [-0.2, -0.15) is 0 Å². The van der Waals surface area contributed by atoms with Crippen LogP contribution >= 0.6 is 24.0 Å². The highest BCUT2D eigenvalue weighted by atomic mass is 35.5. The van der Waals surface area contributed by atoms with Gasteiger partial charge >= 0.3 is 0 Å². The molecule has 1 amide bonds. The fourth-order valence-corrected chi connectivity index (χ4v) is 3.02. The molecule has 3 N–H and O–H groups in total. The molecule has 1 aromatic rings. The summed E-state index contributed by atoms with van der Waals surface area (Å²) in [7, 11) is 0. The van der Waals surface area contributed by atoms with Gasteiger partial charge in [0.2, 0.25) is 5.91 Å². The second-order valence-corrected chi connectivity index (χ2v) is 7.23. The molecule has 0 spiro atoms. The zero-order chi connectivity index (χ0) is 15.5. The van der Waals surface area contributed by atoms with Crippen molar-refractivity contribution in [2.75, 3.05) is 6.54 Å². The van der Waals surface area contributed by atoms with Crippen LogP contribution in [0, 0.1) is 0 Å². The minimum absolute atomic E-state index is 0. The summed E-state index contributed by atoms with van der Waals surface area (Å²) >= 11 is 5.92. The van der Waals surface area contributed by atoms with Crippen molar-refractivity contribution in [1.82, 2.24) is 5.32 Å². The summed E-state index contributed by atoms with van der Waals surface area (Å²) < 4.78 is 0. The van der Waals surface area contributed by atoms with E-state index in [1.54, 1.807) is 0 Å². The standard InChI is InChI=1S/C17H25ClN2O.ClH/c1-16(2,13-6-8-14(18)9-7-13)12-20-15(21)17(19)10-4-3-5-11-17;/h6-9H,3-5,10-12,19H2,1-2H3,(H,20,21);1H. The Balaban J connectivity index is 0.00000242. The first-order chi connectivity index (χ1) is 9.83. The molecule has 0 atom stereocenters. The third-order valence-corrected chi connectivity index (χ3v) is 4.77. The van der Waals surface area contributed by atoms with E-state index >= 15 is 0 Å². The Bertz CT molecular complexity index is 494. The quantitative estimate of drug-likeness (QED) is 0.872. The van der Waals surface area contributed by atoms with Gasteiger partial charge in [-0.05, 0) is 30.5 Å². The van der Waals surface area contributed by atoms with Crippen LogP contribution in [0.1, 0.15) is 51.5 Å². The summed E-state index contributed by atoms with van der Waals surface area (Å²) in [6, 6.07) is 7.78. The molecule has 1 fully saturated rings. The molecule has 3 nitrogen and oxygen atoms in total. The Kier molecular flexibility index (Phi) is 6.72. The Morgan fingerprint density at radius 2 is 1.77 bits per heavy atom. The van der Waals surface area contributed by atoms with E-state index in [1.807, 2.05) is 24.3 Å². The molecular weight excluding hydrogens is 319 g/mol. The van der Waals surface area contributed by atoms with Gasteiger partial charge in [0.1, 0.15) is 0 Å². The highest BCUT2D eigenvalue weighted by Crippen LogP contribution is 2.27. The molecule has 2 rings (SSSR count). The van der Waals surface area contributed by atoms with E-state index in [0.29, 0.717) is 6.54 Å². The number of carbonyl (C=O) groups is 1. The van der Waals surface area contributed by atoms with Gasteiger partial charge in [0.25, 0.3) is 0 Å². The molecule has 124 valence electrons. The Morgan fingerprint density at radius 3 is 2.32 bits per heavy atom. The van der Waals surface area contributed by atoms with E-state index in [-0.39, 0.29) is 23.7 Å². The second-order valence-electron chi connectivity index (χ2n) is 6.79. The first kappa shape index (κ1) is 19.3. The lowest BCUT2D eigenvalue weighted by atomic mass is 9.81. The largest absolute Gasteiger partial charge is 0.354 e. The van der Waals surface area contributed by atoms with Crippen LogP contribution in [0.25, 0.3) is 0 Å². The average molecular weight is 345 g/mol. The second kappa shape index (κ2) is 7.67. The van der Waals surface area contributed by atoms with E-state index in [9.17, 15) is 4.79 Å². The number of nitrogens with one attached hydrogen (secondary N) is 1. The van der Waals surface area contributed by atoms with Crippen molar-refractivity contribution in [1.29, 1.82) is 0 Å². The van der Waals surface area contributed by atoms with Crippen LogP contribution < -0.4 is 11.1 Å². The van der Waals surface area contributed by atoms with Gasteiger partial charge in [-0.3, -0.25) is 4.79 Å². The fraction of sp³-hybridized carbons (Fsp3) is 0.588. The SMILES string of the molecule is CC(C)(CNC(=O)C1(N)CCCCC1)c1ccc(Cl)cc1.Cl. The van der Waals surface area contributed by atoms with Gasteiger partial charge in [0, 0.05) is 17.0 Å². The van der Waals surface area contributed by atoms with E-state index in [0.717, 1.165) is 36.3 Å². The van der Waals surface area contributed by atoms with Crippen molar-refractivity contribution in [2.45, 2.75) is 56.9 Å². The number of carbonyl (C=O) groups excluding carboxylic acids is 1. The number of rotatable bonds is 4. The fourth-order valence-electron chi connectivity index (χ4n) is 2.89. The van der Waals surface area contributed by atoms with Gasteiger partial charge < -0.3 is 11.1 Å². The zero-order valence-corrected chi connectivity index (χ0v) is 14.9. The number of benzene rings is 1. The Morgan fingerprint density at radius 1 is 1.23 bits per heavy atom. The molecule has 1 aliphatic rings. The number of hydrogen-bond donors (Lipinski definition) is 2. The predicted octanol–water partition coefficient (Wildman–Crippen LogP) is 3.82. The van der Waals surface area contributed by atoms with Crippen molar-refractivity contribution < 1.29 is 4.79 Å². The van der Waals surface area contributed by atoms with Crippen molar-refractivity contribution in [3.05, 3.63) is 34.9 Å². The minimum Gasteiger partial charge on any atom is -0.354 e. The summed E-state index contributed by atoms with van der Waals surface area (Å²) in [5, 5.41) is 3.77. The lowest BCUT2D eigenvalue weighted by molar-refractivity contribution is -0.127. The molecule has 0 bridgehead atoms. The molecule has 0 saturated heterocycles. The molecule has 1 aliphatic carbocycles. The van der Waals surface area contributed by atoms with Gasteiger partial charge in [0.05, 0.1) is 5.54 Å². The molecule has 0 aliphatic heterocycles. The number of nitrogens with two attached hydrogens (primary N) is 1. The number of hydrogen-bond acceptors (Lipinski definition) is 2. The summed E-state index contributed by atoms with van der Waals surface area (Å²) in [6.45, 7) is 4.80. The monoisotopic (exact) mass is 344 g/mol. The molecule has 0 radical (unpaired) electrons. The van der Waals surface area contributed by atoms with Crippen LogP contribution in [0.3, 0.4) is 0 Å². The average Bonchev–Trinajstić information content (AvgIpc) is 2.46. The highest BCUT2D eigenvalue weighted by Gasteiger charge is 2.36. The molecule has 0 unspecified atom stereocenters. The van der Waals surface area contributed by atoms with Crippen molar-refractivity contribution >= 4 is 29.9 Å². The molecule has 1 saturated carbocycles. The van der Waals surface area contributed by atoms with Crippen LogP contribution in [0.4, 0.5) is 0 Å². The van der Waals surface area contributed by atoms with Gasteiger partial charge in [-0.25, -0.2) is 0 Å². The van der Waals surface area contributed by atoms with Gasteiger partial charge in [-0.15, -0.1) is 12.4 Å². The van der Waals surface area contributed by atoms with Crippen LogP contribution in [0.2, 0.25) is 5.02 Å². The maximum atomic E-state index is 12.4. The third kappa shape index (κ3) is 4.61. The van der Waals surface area contributed by atoms with E-state index in [2.05, 4.69) is 19.2 Å². The normalized spacial score (nSPS) is 17.5. The number of halogens is 2. The smallest absolute Gasteiger partial charge is 0.240 e. The Hall–Kier alpha value is -0.770.